The molecule has 58 heavy (non-hydrogen) atoms. The Morgan fingerprint density at radius 2 is 1.48 bits per heavy atom. The number of carbonyl (C=O) groups is 5. The molecule has 6 aliphatic rings. The van der Waals surface area contributed by atoms with E-state index in [1.807, 2.05) is 35.2 Å². The Morgan fingerprint density at radius 1 is 0.776 bits per heavy atom. The number of nitrogens with one attached hydrogen (secondary N) is 1. The fourth-order valence-electron chi connectivity index (χ4n) is 9.98. The molecule has 1 spiro atoms. The first-order valence-electron chi connectivity index (χ1n) is 20.5. The average molecular weight is 803 g/mol. The van der Waals surface area contributed by atoms with Crippen LogP contribution in [-0.2, 0) is 9.59 Å². The van der Waals surface area contributed by atoms with E-state index in [0.29, 0.717) is 35.2 Å². The van der Waals surface area contributed by atoms with Crippen LogP contribution in [0.25, 0.3) is 0 Å². The summed E-state index contributed by atoms with van der Waals surface area (Å²) in [6.07, 6.45) is 4.53. The summed E-state index contributed by atoms with van der Waals surface area (Å²) >= 11 is 6.33. The van der Waals surface area contributed by atoms with Gasteiger partial charge < -0.3 is 19.6 Å². The van der Waals surface area contributed by atoms with E-state index in [1.54, 1.807) is 18.2 Å². The van der Waals surface area contributed by atoms with E-state index in [9.17, 15) is 29.2 Å². The highest BCUT2D eigenvalue weighted by Gasteiger charge is 2.45. The number of anilines is 3. The fraction of sp³-hybridized carbons (Fsp3) is 0.455. The Labute approximate surface area is 343 Å². The van der Waals surface area contributed by atoms with Crippen molar-refractivity contribution in [3.05, 3.63) is 87.9 Å². The molecule has 1 unspecified atom stereocenters. The summed E-state index contributed by atoms with van der Waals surface area (Å²) in [6.45, 7) is 9.44. The SMILES string of the molecule is N#Cc1ccc(N2CCC3(CC2)CCN(c2cccc(C(=O)N4CCN(C[C@@H]5CCN(c6ccc7c(c6)C(=O)N(C6CCC(=O)NC6=O)C7=O)C5)CC4)c2)C3)cc1Cl. The van der Waals surface area contributed by atoms with E-state index < -0.39 is 29.7 Å². The predicted molar refractivity (Wildman–Crippen MR) is 219 cm³/mol. The molecule has 9 rings (SSSR count). The lowest BCUT2D eigenvalue weighted by molar-refractivity contribution is -0.136. The van der Waals surface area contributed by atoms with E-state index in [1.165, 1.54) is 0 Å². The molecule has 5 fully saturated rings. The number of piperazine rings is 1. The molecule has 5 saturated heterocycles. The number of rotatable bonds is 7. The average Bonchev–Trinajstić information content (AvgIpc) is 3.95. The monoisotopic (exact) mass is 802 g/mol. The van der Waals surface area contributed by atoms with Crippen LogP contribution in [0.1, 0.15) is 75.2 Å². The molecule has 6 heterocycles. The predicted octanol–water partition coefficient (Wildman–Crippen LogP) is 4.39. The van der Waals surface area contributed by atoms with Gasteiger partial charge in [-0.2, -0.15) is 5.26 Å². The standard InChI is InChI=1S/C44H47ClN8O5/c45-37-24-34(5-4-31(37)25-46)49-15-11-44(12-16-49)13-17-52(28-44)32-3-1-2-30(22-32)41(56)50-20-18-48(19-21-50)26-29-10-14-51(27-29)33-6-7-35-36(23-33)43(58)53(42(35)57)38-8-9-39(54)47-40(38)55/h1-7,22-24,29,38H,8-21,26-28H2,(H,47,54,55)/t29-,38?/m0/s1. The molecule has 2 atom stereocenters. The number of hydrogen-bond acceptors (Lipinski definition) is 10. The van der Waals surface area contributed by atoms with Gasteiger partial charge in [-0.05, 0) is 98.0 Å². The first kappa shape index (κ1) is 38.1. The number of fused-ring (bicyclic) bond motifs is 1. The number of piperidine rings is 2. The highest BCUT2D eigenvalue weighted by Crippen LogP contribution is 2.43. The molecule has 1 N–H and O–H groups in total. The number of imide groups is 2. The molecule has 0 saturated carbocycles. The molecule has 0 bridgehead atoms. The summed E-state index contributed by atoms with van der Waals surface area (Å²) < 4.78 is 0. The fourth-order valence-corrected chi connectivity index (χ4v) is 10.2. The van der Waals surface area contributed by atoms with Crippen molar-refractivity contribution in [2.75, 3.05) is 86.7 Å². The van der Waals surface area contributed by atoms with Crippen molar-refractivity contribution in [3.63, 3.8) is 0 Å². The zero-order valence-electron chi connectivity index (χ0n) is 32.5. The summed E-state index contributed by atoms with van der Waals surface area (Å²) in [5.74, 6) is -1.48. The number of hydrogen-bond donors (Lipinski definition) is 1. The normalized spacial score (nSPS) is 23.5. The number of carbonyl (C=O) groups excluding carboxylic acids is 5. The molecule has 0 radical (unpaired) electrons. The van der Waals surface area contributed by atoms with Gasteiger partial charge in [-0.25, -0.2) is 0 Å². The third-order valence-electron chi connectivity index (χ3n) is 13.4. The van der Waals surface area contributed by atoms with Gasteiger partial charge >= 0.3 is 0 Å². The van der Waals surface area contributed by atoms with E-state index in [2.05, 4.69) is 43.1 Å². The third-order valence-corrected chi connectivity index (χ3v) is 13.7. The van der Waals surface area contributed by atoms with Crippen LogP contribution < -0.4 is 20.0 Å². The van der Waals surface area contributed by atoms with Crippen LogP contribution >= 0.6 is 11.6 Å². The first-order valence-corrected chi connectivity index (χ1v) is 20.9. The summed E-state index contributed by atoms with van der Waals surface area (Å²) in [4.78, 5) is 76.9. The Morgan fingerprint density at radius 3 is 2.22 bits per heavy atom. The van der Waals surface area contributed by atoms with Crippen molar-refractivity contribution in [3.8, 4) is 6.07 Å². The van der Waals surface area contributed by atoms with Gasteiger partial charge in [0, 0.05) is 101 Å². The quantitative estimate of drug-likeness (QED) is 0.342. The molecule has 3 aromatic carbocycles. The molecule has 300 valence electrons. The molecule has 0 aliphatic carbocycles. The van der Waals surface area contributed by atoms with E-state index in [4.69, 9.17) is 11.6 Å². The van der Waals surface area contributed by atoms with Crippen LogP contribution in [-0.4, -0.2) is 122 Å². The Hall–Kier alpha value is -5.45. The highest BCUT2D eigenvalue weighted by atomic mass is 35.5. The van der Waals surface area contributed by atoms with Crippen LogP contribution in [0.5, 0.6) is 0 Å². The van der Waals surface area contributed by atoms with Crippen LogP contribution in [0.4, 0.5) is 17.1 Å². The lowest BCUT2D eigenvalue weighted by atomic mass is 9.77. The van der Waals surface area contributed by atoms with Crippen molar-refractivity contribution in [1.82, 2.24) is 20.0 Å². The van der Waals surface area contributed by atoms with Gasteiger partial charge in [-0.3, -0.25) is 39.1 Å². The molecule has 5 amide bonds. The molecular weight excluding hydrogens is 756 g/mol. The molecular formula is C44H47ClN8O5. The summed E-state index contributed by atoms with van der Waals surface area (Å²) in [5, 5.41) is 12.0. The second-order valence-corrected chi connectivity index (χ2v) is 17.3. The molecule has 6 aliphatic heterocycles. The maximum atomic E-state index is 13.8. The maximum absolute atomic E-state index is 13.8. The number of nitrogens with zero attached hydrogens (tertiary/aromatic N) is 7. The molecule has 14 heteroatoms. The van der Waals surface area contributed by atoms with Crippen LogP contribution in [0, 0.1) is 22.7 Å². The number of benzene rings is 3. The van der Waals surface area contributed by atoms with Crippen molar-refractivity contribution < 1.29 is 24.0 Å². The van der Waals surface area contributed by atoms with E-state index >= 15 is 0 Å². The minimum atomic E-state index is -0.979. The minimum absolute atomic E-state index is 0.0812. The third kappa shape index (κ3) is 7.17. The van der Waals surface area contributed by atoms with Gasteiger partial charge in [0.1, 0.15) is 12.1 Å². The first-order chi connectivity index (χ1) is 28.1. The second kappa shape index (κ2) is 15.4. The van der Waals surface area contributed by atoms with Gasteiger partial charge in [0.15, 0.2) is 0 Å². The van der Waals surface area contributed by atoms with Crippen molar-refractivity contribution in [2.24, 2.45) is 11.3 Å². The smallest absolute Gasteiger partial charge is 0.262 e. The lowest BCUT2D eigenvalue weighted by Gasteiger charge is -2.40. The summed E-state index contributed by atoms with van der Waals surface area (Å²) in [5.41, 5.74) is 5.14. The Bertz CT molecular complexity index is 2220. The maximum Gasteiger partial charge on any atom is 0.262 e. The number of halogens is 1. The van der Waals surface area contributed by atoms with E-state index in [-0.39, 0.29) is 29.7 Å². The summed E-state index contributed by atoms with van der Waals surface area (Å²) in [7, 11) is 0. The van der Waals surface area contributed by atoms with E-state index in [0.717, 1.165) is 112 Å². The van der Waals surface area contributed by atoms with Crippen LogP contribution in [0.2, 0.25) is 5.02 Å². The van der Waals surface area contributed by atoms with Crippen molar-refractivity contribution in [2.45, 2.75) is 44.6 Å². The molecule has 0 aromatic heterocycles. The Kier molecular flexibility index (Phi) is 10.1. The molecule has 13 nitrogen and oxygen atoms in total. The summed E-state index contributed by atoms with van der Waals surface area (Å²) in [6, 6.07) is 20.3. The van der Waals surface area contributed by atoms with Gasteiger partial charge in [0.05, 0.1) is 21.7 Å². The zero-order valence-corrected chi connectivity index (χ0v) is 33.3. The molecule has 3 aromatic rings. The number of nitriles is 1. The van der Waals surface area contributed by atoms with Gasteiger partial charge in [0.25, 0.3) is 17.7 Å². The van der Waals surface area contributed by atoms with Crippen molar-refractivity contribution in [1.29, 1.82) is 5.26 Å². The zero-order chi connectivity index (χ0) is 40.1. The minimum Gasteiger partial charge on any atom is -0.371 e. The van der Waals surface area contributed by atoms with Crippen LogP contribution in [0.15, 0.2) is 60.7 Å². The largest absolute Gasteiger partial charge is 0.371 e. The lowest BCUT2D eigenvalue weighted by Crippen LogP contribution is -2.54. The van der Waals surface area contributed by atoms with Gasteiger partial charge in [0.2, 0.25) is 11.8 Å². The van der Waals surface area contributed by atoms with Crippen molar-refractivity contribution >= 4 is 58.2 Å². The number of amides is 5. The second-order valence-electron chi connectivity index (χ2n) is 16.9. The van der Waals surface area contributed by atoms with Gasteiger partial charge in [-0.1, -0.05) is 17.7 Å². The van der Waals surface area contributed by atoms with Gasteiger partial charge in [-0.15, -0.1) is 0 Å². The van der Waals surface area contributed by atoms with Crippen LogP contribution in [0.3, 0.4) is 0 Å². The highest BCUT2D eigenvalue weighted by molar-refractivity contribution is 6.32. The Balaban J connectivity index is 0.749. The topological polar surface area (TPSA) is 141 Å².